The number of rotatable bonds is 3. The predicted molar refractivity (Wildman–Crippen MR) is 57.1 cm³/mol. The molecule has 2 atom stereocenters. The molecule has 2 heteroatoms. The number of Topliss-reactive ketones (excluding diaryl/α,β-unsaturated/α-hetero) is 1. The van der Waals surface area contributed by atoms with E-state index >= 15 is 0 Å². The molecular formula is C12H21NO. The zero-order valence-electron chi connectivity index (χ0n) is 9.09. The minimum atomic E-state index is 0.402. The van der Waals surface area contributed by atoms with E-state index in [1.807, 2.05) is 0 Å². The number of ketones is 1. The summed E-state index contributed by atoms with van der Waals surface area (Å²) in [6.07, 6.45) is 5.74. The first-order valence-electron chi connectivity index (χ1n) is 5.99. The van der Waals surface area contributed by atoms with Crippen molar-refractivity contribution in [1.82, 2.24) is 5.32 Å². The summed E-state index contributed by atoms with van der Waals surface area (Å²) in [6.45, 7) is 4.41. The van der Waals surface area contributed by atoms with Gasteiger partial charge in [0.05, 0.1) is 0 Å². The molecule has 2 fully saturated rings. The minimum Gasteiger partial charge on any atom is -0.316 e. The smallest absolute Gasteiger partial charge is 0.136 e. The van der Waals surface area contributed by atoms with Gasteiger partial charge in [-0.2, -0.15) is 0 Å². The van der Waals surface area contributed by atoms with Crippen molar-refractivity contribution >= 4 is 5.78 Å². The zero-order chi connectivity index (χ0) is 9.97. The third-order valence-electron chi connectivity index (χ3n) is 3.75. The Morgan fingerprint density at radius 3 is 2.71 bits per heavy atom. The Hall–Kier alpha value is -0.370. The lowest BCUT2D eigenvalue weighted by Crippen LogP contribution is -2.43. The van der Waals surface area contributed by atoms with E-state index < -0.39 is 0 Å². The van der Waals surface area contributed by atoms with Crippen molar-refractivity contribution in [3.63, 3.8) is 0 Å². The van der Waals surface area contributed by atoms with Gasteiger partial charge < -0.3 is 5.32 Å². The third-order valence-corrected chi connectivity index (χ3v) is 3.75. The molecule has 0 aromatic rings. The summed E-state index contributed by atoms with van der Waals surface area (Å²) in [5.74, 6) is 2.37. The Bertz CT molecular complexity index is 210. The lowest BCUT2D eigenvalue weighted by atomic mass is 9.78. The lowest BCUT2D eigenvalue weighted by Gasteiger charge is -2.30. The van der Waals surface area contributed by atoms with Crippen molar-refractivity contribution < 1.29 is 4.79 Å². The minimum absolute atomic E-state index is 0.402. The first-order valence-corrected chi connectivity index (χ1v) is 5.99. The fourth-order valence-electron chi connectivity index (χ4n) is 2.67. The van der Waals surface area contributed by atoms with Crippen molar-refractivity contribution in [3.05, 3.63) is 0 Å². The summed E-state index contributed by atoms with van der Waals surface area (Å²) < 4.78 is 0. The van der Waals surface area contributed by atoms with Gasteiger partial charge in [0, 0.05) is 12.3 Å². The highest BCUT2D eigenvalue weighted by Crippen LogP contribution is 2.30. The number of hydrogen-bond acceptors (Lipinski definition) is 2. The zero-order valence-corrected chi connectivity index (χ0v) is 9.09. The predicted octanol–water partition coefficient (Wildman–Crippen LogP) is 1.99. The molecule has 80 valence electrons. The van der Waals surface area contributed by atoms with Crippen LogP contribution in [-0.2, 0) is 4.79 Å². The van der Waals surface area contributed by atoms with Crippen LogP contribution >= 0.6 is 0 Å². The van der Waals surface area contributed by atoms with Crippen LogP contribution in [0.25, 0.3) is 0 Å². The van der Waals surface area contributed by atoms with Crippen molar-refractivity contribution in [2.24, 2.45) is 17.8 Å². The Morgan fingerprint density at radius 2 is 2.14 bits per heavy atom. The van der Waals surface area contributed by atoms with Crippen LogP contribution in [0.4, 0.5) is 0 Å². The molecule has 0 bridgehead atoms. The molecule has 2 nitrogen and oxygen atoms in total. The van der Waals surface area contributed by atoms with Gasteiger partial charge in [0.2, 0.25) is 0 Å². The average Bonchev–Trinajstić information content (AvgIpc) is 2.11. The highest BCUT2D eigenvalue weighted by atomic mass is 16.1. The first kappa shape index (κ1) is 10.2. The van der Waals surface area contributed by atoms with Gasteiger partial charge in [0.1, 0.15) is 5.78 Å². The fraction of sp³-hybridized carbons (Fsp3) is 0.917. The van der Waals surface area contributed by atoms with E-state index in [4.69, 9.17) is 0 Å². The first-order chi connectivity index (χ1) is 6.75. The van der Waals surface area contributed by atoms with Crippen molar-refractivity contribution in [2.75, 3.05) is 13.1 Å². The number of nitrogens with one attached hydrogen (secondary N) is 1. The standard InChI is InChI=1S/C12H21NO/c1-9-3-2-4-11(5-9)12(14)6-10-7-13-8-10/h9-11,13H,2-8H2,1H3. The molecule has 1 saturated heterocycles. The number of hydrogen-bond donors (Lipinski definition) is 1. The van der Waals surface area contributed by atoms with Gasteiger partial charge in [-0.3, -0.25) is 4.79 Å². The van der Waals surface area contributed by atoms with Gasteiger partial charge in [0.15, 0.2) is 0 Å². The quantitative estimate of drug-likeness (QED) is 0.746. The highest BCUT2D eigenvalue weighted by Gasteiger charge is 2.28. The molecule has 2 rings (SSSR count). The molecule has 1 aliphatic carbocycles. The monoisotopic (exact) mass is 195 g/mol. The summed E-state index contributed by atoms with van der Waals surface area (Å²) >= 11 is 0. The van der Waals surface area contributed by atoms with Gasteiger partial charge in [-0.15, -0.1) is 0 Å². The molecule has 2 aliphatic rings. The van der Waals surface area contributed by atoms with Gasteiger partial charge >= 0.3 is 0 Å². The summed E-state index contributed by atoms with van der Waals surface area (Å²) in [7, 11) is 0. The maximum atomic E-state index is 11.9. The molecule has 1 heterocycles. The van der Waals surface area contributed by atoms with E-state index in [1.54, 1.807) is 0 Å². The molecule has 2 unspecified atom stereocenters. The van der Waals surface area contributed by atoms with Crippen molar-refractivity contribution in [2.45, 2.75) is 39.0 Å². The van der Waals surface area contributed by atoms with Crippen LogP contribution in [0.15, 0.2) is 0 Å². The van der Waals surface area contributed by atoms with Crippen LogP contribution in [-0.4, -0.2) is 18.9 Å². The number of carbonyl (C=O) groups excluding carboxylic acids is 1. The molecule has 0 aromatic heterocycles. The van der Waals surface area contributed by atoms with Gasteiger partial charge in [-0.1, -0.05) is 19.8 Å². The molecule has 14 heavy (non-hydrogen) atoms. The molecular weight excluding hydrogens is 174 g/mol. The van der Waals surface area contributed by atoms with Crippen LogP contribution < -0.4 is 5.32 Å². The van der Waals surface area contributed by atoms with Crippen LogP contribution in [0.3, 0.4) is 0 Å². The third kappa shape index (κ3) is 2.35. The van der Waals surface area contributed by atoms with Gasteiger partial charge in [-0.05, 0) is 37.8 Å². The second-order valence-corrected chi connectivity index (χ2v) is 5.16. The molecule has 0 amide bonds. The van der Waals surface area contributed by atoms with E-state index in [9.17, 15) is 4.79 Å². The van der Waals surface area contributed by atoms with Gasteiger partial charge in [0.25, 0.3) is 0 Å². The SMILES string of the molecule is CC1CCCC(C(=O)CC2CNC2)C1. The van der Waals surface area contributed by atoms with Crippen molar-refractivity contribution in [1.29, 1.82) is 0 Å². The second-order valence-electron chi connectivity index (χ2n) is 5.16. The number of carbonyl (C=O) groups is 1. The Kier molecular flexibility index (Phi) is 3.22. The van der Waals surface area contributed by atoms with E-state index in [0.29, 0.717) is 17.6 Å². The van der Waals surface area contributed by atoms with E-state index in [2.05, 4.69) is 12.2 Å². The fourth-order valence-corrected chi connectivity index (χ4v) is 2.67. The van der Waals surface area contributed by atoms with Crippen LogP contribution in [0.2, 0.25) is 0 Å². The molecule has 0 aromatic carbocycles. The topological polar surface area (TPSA) is 29.1 Å². The molecule has 1 saturated carbocycles. The van der Waals surface area contributed by atoms with Crippen molar-refractivity contribution in [3.8, 4) is 0 Å². The molecule has 0 radical (unpaired) electrons. The summed E-state index contributed by atoms with van der Waals surface area (Å²) in [5, 5.41) is 3.23. The van der Waals surface area contributed by atoms with E-state index in [-0.39, 0.29) is 0 Å². The van der Waals surface area contributed by atoms with Gasteiger partial charge in [-0.25, -0.2) is 0 Å². The van der Waals surface area contributed by atoms with E-state index in [1.165, 1.54) is 12.8 Å². The normalized spacial score (nSPS) is 33.8. The molecule has 1 N–H and O–H groups in total. The second kappa shape index (κ2) is 4.43. The molecule has 0 spiro atoms. The van der Waals surface area contributed by atoms with Crippen LogP contribution in [0.1, 0.15) is 39.0 Å². The summed E-state index contributed by atoms with van der Waals surface area (Å²) in [4.78, 5) is 11.9. The highest BCUT2D eigenvalue weighted by molar-refractivity contribution is 5.81. The Labute approximate surface area is 86.5 Å². The maximum absolute atomic E-state index is 11.9. The van der Waals surface area contributed by atoms with Crippen LogP contribution in [0, 0.1) is 17.8 Å². The molecule has 1 aliphatic heterocycles. The summed E-state index contributed by atoms with van der Waals surface area (Å²) in [6, 6.07) is 0. The summed E-state index contributed by atoms with van der Waals surface area (Å²) in [5.41, 5.74) is 0. The Balaban J connectivity index is 1.77. The lowest BCUT2D eigenvalue weighted by molar-refractivity contribution is -0.125. The average molecular weight is 195 g/mol. The van der Waals surface area contributed by atoms with Crippen LogP contribution in [0.5, 0.6) is 0 Å². The Morgan fingerprint density at radius 1 is 1.36 bits per heavy atom. The van der Waals surface area contributed by atoms with E-state index in [0.717, 1.165) is 38.3 Å². The largest absolute Gasteiger partial charge is 0.316 e. The maximum Gasteiger partial charge on any atom is 0.136 e.